The third-order valence-electron chi connectivity index (χ3n) is 2.51. The zero-order valence-corrected chi connectivity index (χ0v) is 15.5. The monoisotopic (exact) mass is 384 g/mol. The molecular weight excluding hydrogens is 359 g/mol. The van der Waals surface area contributed by atoms with Crippen LogP contribution >= 0.6 is 8.60 Å². The van der Waals surface area contributed by atoms with Crippen molar-refractivity contribution in [3.8, 4) is 5.75 Å². The third kappa shape index (κ3) is 9.00. The van der Waals surface area contributed by atoms with E-state index < -0.39 is 8.60 Å². The fourth-order valence-corrected chi connectivity index (χ4v) is 1.74. The van der Waals surface area contributed by atoms with Crippen molar-refractivity contribution in [3.63, 3.8) is 0 Å². The van der Waals surface area contributed by atoms with Crippen molar-refractivity contribution in [3.05, 3.63) is 36.4 Å². The molecule has 2 aromatic rings. The molecule has 0 aliphatic rings. The molecule has 0 saturated heterocycles. The molecule has 11 heteroatoms. The number of anilines is 4. The topological polar surface area (TPSA) is 196 Å². The lowest BCUT2D eigenvalue weighted by Gasteiger charge is -2.06. The van der Waals surface area contributed by atoms with Crippen LogP contribution in [0.2, 0.25) is 0 Å². The molecule has 0 saturated carbocycles. The van der Waals surface area contributed by atoms with Gasteiger partial charge in [-0.25, -0.2) is 4.98 Å². The SMILES string of the molecule is CC.NCC(=O)Nc1ccc(N)c(N)n1.Nc1ccccc1OP(O)O. The number of nitrogens with one attached hydrogen (secondary N) is 1. The average Bonchev–Trinajstić information content (AvgIpc) is 2.62. The highest BCUT2D eigenvalue weighted by Gasteiger charge is 2.04. The van der Waals surface area contributed by atoms with Crippen LogP contribution in [0.25, 0.3) is 0 Å². The fourth-order valence-electron chi connectivity index (χ4n) is 1.40. The van der Waals surface area contributed by atoms with Gasteiger partial charge in [-0.1, -0.05) is 26.0 Å². The van der Waals surface area contributed by atoms with E-state index in [4.69, 9.17) is 32.7 Å². The summed E-state index contributed by atoms with van der Waals surface area (Å²) >= 11 is 0. The number of amides is 1. The molecule has 2 rings (SSSR count). The van der Waals surface area contributed by atoms with Crippen molar-refractivity contribution >= 4 is 37.5 Å². The summed E-state index contributed by atoms with van der Waals surface area (Å²) in [5.41, 5.74) is 22.1. The van der Waals surface area contributed by atoms with Crippen molar-refractivity contribution < 1.29 is 19.1 Å². The Morgan fingerprint density at radius 2 is 1.73 bits per heavy atom. The first kappa shape index (κ1) is 23.4. The molecule has 26 heavy (non-hydrogen) atoms. The van der Waals surface area contributed by atoms with Crippen LogP contribution in [0, 0.1) is 0 Å². The van der Waals surface area contributed by atoms with Gasteiger partial charge in [0.25, 0.3) is 0 Å². The summed E-state index contributed by atoms with van der Waals surface area (Å²) in [4.78, 5) is 31.6. The molecule has 0 spiro atoms. The summed E-state index contributed by atoms with van der Waals surface area (Å²) in [6, 6.07) is 9.74. The maximum atomic E-state index is 10.8. The highest BCUT2D eigenvalue weighted by molar-refractivity contribution is 7.39. The molecule has 0 aliphatic heterocycles. The van der Waals surface area contributed by atoms with Crippen LogP contribution in [0.1, 0.15) is 13.8 Å². The number of benzene rings is 1. The highest BCUT2D eigenvalue weighted by atomic mass is 31.2. The van der Waals surface area contributed by atoms with Crippen LogP contribution in [0.15, 0.2) is 36.4 Å². The van der Waals surface area contributed by atoms with Gasteiger partial charge in [0.1, 0.15) is 11.6 Å². The molecule has 1 amide bonds. The molecule has 0 atom stereocenters. The second-order valence-corrected chi connectivity index (χ2v) is 4.99. The zero-order valence-electron chi connectivity index (χ0n) is 14.6. The van der Waals surface area contributed by atoms with Crippen LogP contribution in [0.4, 0.5) is 23.0 Å². The number of nitrogens with zero attached hydrogens (tertiary/aromatic N) is 1. The van der Waals surface area contributed by atoms with Gasteiger partial charge >= 0.3 is 8.60 Å². The van der Waals surface area contributed by atoms with Gasteiger partial charge in [-0.05, 0) is 24.3 Å². The molecule has 1 heterocycles. The number of hydrogen-bond donors (Lipinski definition) is 7. The van der Waals surface area contributed by atoms with Crippen LogP contribution in [0.3, 0.4) is 0 Å². The van der Waals surface area contributed by atoms with Crippen molar-refractivity contribution in [2.45, 2.75) is 13.8 Å². The number of carbonyl (C=O) groups excluding carboxylic acids is 1. The summed E-state index contributed by atoms with van der Waals surface area (Å²) in [6.07, 6.45) is 0. The first-order valence-electron chi connectivity index (χ1n) is 7.55. The maximum absolute atomic E-state index is 10.8. The molecule has 11 N–H and O–H groups in total. The van der Waals surface area contributed by atoms with Gasteiger partial charge in [0, 0.05) is 0 Å². The normalized spacial score (nSPS) is 9.31. The van der Waals surface area contributed by atoms with E-state index in [0.29, 0.717) is 22.9 Å². The van der Waals surface area contributed by atoms with E-state index >= 15 is 0 Å². The van der Waals surface area contributed by atoms with E-state index in [2.05, 4.69) is 14.8 Å². The summed E-state index contributed by atoms with van der Waals surface area (Å²) in [6.45, 7) is 3.91. The average molecular weight is 384 g/mol. The number of aromatic nitrogens is 1. The van der Waals surface area contributed by atoms with Gasteiger partial charge in [-0.15, -0.1) is 0 Å². The van der Waals surface area contributed by atoms with E-state index in [1.54, 1.807) is 36.4 Å². The second-order valence-electron chi connectivity index (χ2n) is 4.31. The summed E-state index contributed by atoms with van der Waals surface area (Å²) in [5, 5.41) is 2.45. The largest absolute Gasteiger partial charge is 0.425 e. The second kappa shape index (κ2) is 12.7. The van der Waals surface area contributed by atoms with Gasteiger partial charge < -0.3 is 42.6 Å². The lowest BCUT2D eigenvalue weighted by Crippen LogP contribution is -2.22. The summed E-state index contributed by atoms with van der Waals surface area (Å²) in [5.74, 6) is 0.511. The molecule has 144 valence electrons. The highest BCUT2D eigenvalue weighted by Crippen LogP contribution is 2.32. The van der Waals surface area contributed by atoms with Crippen molar-refractivity contribution in [2.75, 3.05) is 29.1 Å². The number of nitrogen functional groups attached to an aromatic ring is 3. The Bertz CT molecular complexity index is 687. The number of carbonyl (C=O) groups is 1. The van der Waals surface area contributed by atoms with E-state index in [-0.39, 0.29) is 18.3 Å². The molecule has 1 aromatic heterocycles. The summed E-state index contributed by atoms with van der Waals surface area (Å²) < 4.78 is 4.60. The van der Waals surface area contributed by atoms with Crippen LogP contribution in [-0.4, -0.2) is 27.2 Å². The van der Waals surface area contributed by atoms with Gasteiger partial charge in [0.15, 0.2) is 5.75 Å². The van der Waals surface area contributed by atoms with Gasteiger partial charge in [0.2, 0.25) is 5.91 Å². The third-order valence-corrected chi connectivity index (χ3v) is 2.87. The first-order chi connectivity index (χ1) is 12.3. The molecular formula is C15H25N6O4P. The molecule has 0 bridgehead atoms. The van der Waals surface area contributed by atoms with E-state index in [0.717, 1.165) is 0 Å². The first-order valence-corrected chi connectivity index (χ1v) is 8.72. The Hall–Kier alpha value is -2.65. The minimum atomic E-state index is -2.37. The number of para-hydroxylation sites is 2. The fraction of sp³-hybridized carbons (Fsp3) is 0.200. The number of hydrogen-bond acceptors (Lipinski definition) is 9. The number of rotatable bonds is 4. The van der Waals surface area contributed by atoms with E-state index in [9.17, 15) is 4.79 Å². The molecule has 10 nitrogen and oxygen atoms in total. The van der Waals surface area contributed by atoms with E-state index in [1.807, 2.05) is 13.8 Å². The molecule has 1 aromatic carbocycles. The van der Waals surface area contributed by atoms with Gasteiger partial charge in [0.05, 0.1) is 17.9 Å². The van der Waals surface area contributed by atoms with E-state index in [1.165, 1.54) is 0 Å². The zero-order chi connectivity index (χ0) is 20.1. The molecule has 0 radical (unpaired) electrons. The Labute approximate surface area is 153 Å². The minimum Gasteiger partial charge on any atom is -0.425 e. The van der Waals surface area contributed by atoms with Crippen LogP contribution in [0.5, 0.6) is 5.75 Å². The summed E-state index contributed by atoms with van der Waals surface area (Å²) in [7, 11) is -2.37. The standard InChI is InChI=1S/C7H11N5O.C6H8NO3P.C2H6/c8-3-6(13)11-5-2-1-4(9)7(10)12-5;7-5-3-1-2-4-6(5)10-11(8)9;1-2/h1-2H,3,8-9H2,(H3,10,11,12,13);1-4,8-9H,7H2;1-2H3. The molecule has 0 unspecified atom stereocenters. The Balaban J connectivity index is 0.000000444. The van der Waals surface area contributed by atoms with Crippen LogP contribution in [-0.2, 0) is 4.79 Å². The van der Waals surface area contributed by atoms with Crippen molar-refractivity contribution in [1.29, 1.82) is 0 Å². The Morgan fingerprint density at radius 1 is 1.12 bits per heavy atom. The maximum Gasteiger partial charge on any atom is 0.391 e. The predicted molar refractivity (Wildman–Crippen MR) is 105 cm³/mol. The quantitative estimate of drug-likeness (QED) is 0.297. The van der Waals surface area contributed by atoms with Gasteiger partial charge in [-0.2, -0.15) is 0 Å². The van der Waals surface area contributed by atoms with Crippen LogP contribution < -0.4 is 32.8 Å². The lowest BCUT2D eigenvalue weighted by atomic mass is 10.3. The Morgan fingerprint density at radius 3 is 2.23 bits per heavy atom. The minimum absolute atomic E-state index is 0.0913. The van der Waals surface area contributed by atoms with Crippen molar-refractivity contribution in [2.24, 2.45) is 5.73 Å². The number of pyridine rings is 1. The smallest absolute Gasteiger partial charge is 0.391 e. The Kier molecular flexibility index (Phi) is 11.4. The number of nitrogens with two attached hydrogens (primary N) is 4. The van der Waals surface area contributed by atoms with Crippen molar-refractivity contribution in [1.82, 2.24) is 4.98 Å². The van der Waals surface area contributed by atoms with Gasteiger partial charge in [-0.3, -0.25) is 4.79 Å². The predicted octanol–water partition coefficient (Wildman–Crippen LogP) is 1.03. The molecule has 0 fully saturated rings. The lowest BCUT2D eigenvalue weighted by molar-refractivity contribution is -0.114. The molecule has 0 aliphatic carbocycles.